The van der Waals surface area contributed by atoms with Crippen LogP contribution in [0.2, 0.25) is 0 Å². The number of hydrogen-bond donors (Lipinski definition) is 5. The van der Waals surface area contributed by atoms with Crippen LogP contribution in [-0.4, -0.2) is 58.8 Å². The summed E-state index contributed by atoms with van der Waals surface area (Å²) in [4.78, 5) is 42.7. The molecule has 0 unspecified atom stereocenters. The van der Waals surface area contributed by atoms with Crippen molar-refractivity contribution < 1.29 is 34.5 Å². The third kappa shape index (κ3) is 16.3. The molecule has 0 heterocycles. The average Bonchev–Trinajstić information content (AvgIpc) is 2.73. The Balaban J connectivity index is 0.00000115. The highest BCUT2D eigenvalue weighted by Gasteiger charge is 2.22. The molecule has 1 aromatic rings. The Morgan fingerprint density at radius 3 is 1.89 bits per heavy atom. The van der Waals surface area contributed by atoms with Crippen molar-refractivity contribution in [2.45, 2.75) is 72.6 Å². The van der Waals surface area contributed by atoms with E-state index in [1.165, 1.54) is 0 Å². The molecule has 0 saturated carbocycles. The summed E-state index contributed by atoms with van der Waals surface area (Å²) < 4.78 is 0. The molecule has 0 saturated heterocycles. The van der Waals surface area contributed by atoms with Gasteiger partial charge in [-0.2, -0.15) is 0 Å². The third-order valence-electron chi connectivity index (χ3n) is 4.56. The number of nitrogens with one attached hydrogen (secondary N) is 2. The molecule has 9 nitrogen and oxygen atoms in total. The van der Waals surface area contributed by atoms with E-state index >= 15 is 0 Å². The first-order valence-corrected chi connectivity index (χ1v) is 11.8. The molecular formula is C27H40N2O7. The number of aliphatic carboxylic acids is 3. The molecule has 0 radical (unpaired) electrons. The summed E-state index contributed by atoms with van der Waals surface area (Å²) in [5.74, 6) is 3.38. The van der Waals surface area contributed by atoms with Gasteiger partial charge in [-0.25, -0.2) is 0 Å². The Morgan fingerprint density at radius 2 is 1.42 bits per heavy atom. The molecule has 36 heavy (non-hydrogen) atoms. The molecule has 0 aliphatic heterocycles. The fourth-order valence-corrected chi connectivity index (χ4v) is 2.88. The minimum Gasteiger partial charge on any atom is -0.481 e. The lowest BCUT2D eigenvalue weighted by molar-refractivity contribution is -0.138. The topological polar surface area (TPSA) is 153 Å². The number of benzene rings is 1. The predicted octanol–water partition coefficient (Wildman–Crippen LogP) is 3.50. The first kappa shape index (κ1) is 32.6. The molecule has 0 bridgehead atoms. The van der Waals surface area contributed by atoms with Gasteiger partial charge in [0.25, 0.3) is 5.91 Å². The van der Waals surface area contributed by atoms with Gasteiger partial charge in [-0.15, -0.1) is 0 Å². The zero-order valence-electron chi connectivity index (χ0n) is 22.2. The summed E-state index contributed by atoms with van der Waals surface area (Å²) in [7, 11) is 0. The maximum atomic E-state index is 12.8. The Bertz CT molecular complexity index is 947. The van der Waals surface area contributed by atoms with Crippen molar-refractivity contribution in [2.75, 3.05) is 19.6 Å². The van der Waals surface area contributed by atoms with Crippen LogP contribution in [0, 0.1) is 17.3 Å². The van der Waals surface area contributed by atoms with Crippen LogP contribution in [0.5, 0.6) is 0 Å². The first-order chi connectivity index (χ1) is 16.5. The summed E-state index contributed by atoms with van der Waals surface area (Å²) in [6.45, 7) is 12.4. The highest BCUT2D eigenvalue weighted by atomic mass is 16.4. The van der Waals surface area contributed by atoms with Crippen LogP contribution in [0.25, 0.3) is 0 Å². The number of unbranched alkanes of at least 4 members (excludes halogenated alkanes) is 2. The standard InChI is InChI=1S/C23H33NO3.C4H7NO4/c1-22(2,3)14-13-17-11-12-19(23(4,5)6)18(16-17)21(27)24-15-9-7-8-10-20(25)26;6-3(7)1-5-2-4(8)9/h11-12,16H,7-10,15H2,1-6H3,(H,24,27)(H,25,26);5H,1-2H2,(H,6,7)(H,8,9). The number of hydrogen-bond acceptors (Lipinski definition) is 5. The zero-order chi connectivity index (χ0) is 27.9. The summed E-state index contributed by atoms with van der Waals surface area (Å²) in [5.41, 5.74) is 2.25. The third-order valence-corrected chi connectivity index (χ3v) is 4.56. The maximum absolute atomic E-state index is 12.8. The van der Waals surface area contributed by atoms with Gasteiger partial charge in [-0.05, 0) is 56.7 Å². The molecule has 0 aliphatic carbocycles. The van der Waals surface area contributed by atoms with E-state index in [1.807, 2.05) is 18.2 Å². The van der Waals surface area contributed by atoms with Crippen LogP contribution < -0.4 is 10.6 Å². The van der Waals surface area contributed by atoms with Gasteiger partial charge in [0.2, 0.25) is 0 Å². The van der Waals surface area contributed by atoms with Crippen LogP contribution in [-0.2, 0) is 19.8 Å². The number of amides is 1. The van der Waals surface area contributed by atoms with Crippen molar-refractivity contribution in [1.29, 1.82) is 0 Å². The van der Waals surface area contributed by atoms with Crippen molar-refractivity contribution in [1.82, 2.24) is 10.6 Å². The second kappa shape index (κ2) is 15.6. The van der Waals surface area contributed by atoms with E-state index in [0.717, 1.165) is 24.0 Å². The fourth-order valence-electron chi connectivity index (χ4n) is 2.88. The van der Waals surface area contributed by atoms with Crippen LogP contribution in [0.15, 0.2) is 18.2 Å². The van der Waals surface area contributed by atoms with E-state index in [9.17, 15) is 19.2 Å². The van der Waals surface area contributed by atoms with E-state index in [1.54, 1.807) is 0 Å². The minimum absolute atomic E-state index is 0.0962. The Labute approximate surface area is 213 Å². The van der Waals surface area contributed by atoms with Gasteiger partial charge in [0, 0.05) is 29.5 Å². The quantitative estimate of drug-likeness (QED) is 0.227. The van der Waals surface area contributed by atoms with Crippen molar-refractivity contribution in [3.63, 3.8) is 0 Å². The Morgan fingerprint density at radius 1 is 0.833 bits per heavy atom. The molecule has 9 heteroatoms. The predicted molar refractivity (Wildman–Crippen MR) is 138 cm³/mol. The van der Waals surface area contributed by atoms with Gasteiger partial charge in [0.05, 0.1) is 13.1 Å². The van der Waals surface area contributed by atoms with Gasteiger partial charge in [0.15, 0.2) is 0 Å². The van der Waals surface area contributed by atoms with Gasteiger partial charge in [0.1, 0.15) is 0 Å². The maximum Gasteiger partial charge on any atom is 0.317 e. The highest BCUT2D eigenvalue weighted by Crippen LogP contribution is 2.27. The van der Waals surface area contributed by atoms with E-state index in [2.05, 4.69) is 64.0 Å². The monoisotopic (exact) mass is 504 g/mol. The average molecular weight is 505 g/mol. The number of carbonyl (C=O) groups is 4. The lowest BCUT2D eigenvalue weighted by Crippen LogP contribution is -2.28. The first-order valence-electron chi connectivity index (χ1n) is 11.8. The summed E-state index contributed by atoms with van der Waals surface area (Å²) >= 11 is 0. The van der Waals surface area contributed by atoms with Crippen LogP contribution in [0.1, 0.15) is 88.7 Å². The normalized spacial score (nSPS) is 10.8. The minimum atomic E-state index is -1.06. The summed E-state index contributed by atoms with van der Waals surface area (Å²) in [6, 6.07) is 5.84. The fraction of sp³-hybridized carbons (Fsp3) is 0.556. The second-order valence-electron chi connectivity index (χ2n) is 10.4. The SMILES string of the molecule is CC(C)(C)C#Cc1ccc(C(C)(C)C)c(C(=O)NCCCCCC(=O)O)c1.O=C(O)CNCC(=O)O. The Hall–Kier alpha value is -3.38. The summed E-state index contributed by atoms with van der Waals surface area (Å²) in [6.07, 6.45) is 2.37. The molecule has 1 rings (SSSR count). The molecule has 5 N–H and O–H groups in total. The van der Waals surface area contributed by atoms with E-state index in [0.29, 0.717) is 18.5 Å². The number of carboxylic acid groups (broad SMARTS) is 3. The molecule has 0 spiro atoms. The molecule has 1 amide bonds. The zero-order valence-corrected chi connectivity index (χ0v) is 22.2. The molecule has 0 aliphatic rings. The molecule has 0 aromatic heterocycles. The van der Waals surface area contributed by atoms with Gasteiger partial charge >= 0.3 is 17.9 Å². The second-order valence-corrected chi connectivity index (χ2v) is 10.4. The van der Waals surface area contributed by atoms with Crippen molar-refractivity contribution in [3.05, 3.63) is 34.9 Å². The van der Waals surface area contributed by atoms with Crippen molar-refractivity contribution >= 4 is 23.8 Å². The molecular weight excluding hydrogens is 464 g/mol. The van der Waals surface area contributed by atoms with Gasteiger partial charge in [-0.3, -0.25) is 24.5 Å². The van der Waals surface area contributed by atoms with Gasteiger partial charge in [-0.1, -0.05) is 45.1 Å². The van der Waals surface area contributed by atoms with Crippen molar-refractivity contribution in [3.8, 4) is 11.8 Å². The summed E-state index contributed by atoms with van der Waals surface area (Å²) in [5, 5.41) is 29.7. The van der Waals surface area contributed by atoms with E-state index in [4.69, 9.17) is 15.3 Å². The number of carbonyl (C=O) groups excluding carboxylic acids is 1. The molecule has 0 atom stereocenters. The van der Waals surface area contributed by atoms with Gasteiger partial charge < -0.3 is 20.6 Å². The van der Waals surface area contributed by atoms with Crippen LogP contribution >= 0.6 is 0 Å². The van der Waals surface area contributed by atoms with Crippen molar-refractivity contribution in [2.24, 2.45) is 5.41 Å². The molecule has 1 aromatic carbocycles. The van der Waals surface area contributed by atoms with E-state index < -0.39 is 17.9 Å². The van der Waals surface area contributed by atoms with E-state index in [-0.39, 0.29) is 36.2 Å². The largest absolute Gasteiger partial charge is 0.481 e. The van der Waals surface area contributed by atoms with Crippen LogP contribution in [0.3, 0.4) is 0 Å². The number of carboxylic acids is 3. The highest BCUT2D eigenvalue weighted by molar-refractivity contribution is 5.96. The smallest absolute Gasteiger partial charge is 0.317 e. The Kier molecular flexibility index (Phi) is 14.1. The lowest BCUT2D eigenvalue weighted by Gasteiger charge is -2.23. The van der Waals surface area contributed by atoms with Crippen LogP contribution in [0.4, 0.5) is 0 Å². The molecule has 200 valence electrons. The molecule has 0 fully saturated rings. The number of rotatable bonds is 11. The lowest BCUT2D eigenvalue weighted by atomic mass is 9.82.